The molecule has 1 aliphatic heterocycles. The van der Waals surface area contributed by atoms with E-state index in [9.17, 15) is 5.11 Å². The lowest BCUT2D eigenvalue weighted by Crippen LogP contribution is -3.00. The summed E-state index contributed by atoms with van der Waals surface area (Å²) in [5, 5.41) is 11.1. The molecule has 182 valence electrons. The van der Waals surface area contributed by atoms with Crippen LogP contribution in [0.4, 0.5) is 0 Å². The second kappa shape index (κ2) is 11.4. The van der Waals surface area contributed by atoms with Crippen molar-refractivity contribution in [3.8, 4) is 11.5 Å². The number of pyridine rings is 1. The summed E-state index contributed by atoms with van der Waals surface area (Å²) in [5.41, 5.74) is 4.40. The number of unbranched alkanes of at least 4 members (excludes halogenated alkanes) is 1. The maximum atomic E-state index is 11.1. The zero-order chi connectivity index (χ0) is 23.4. The van der Waals surface area contributed by atoms with Crippen molar-refractivity contribution in [3.63, 3.8) is 0 Å². The van der Waals surface area contributed by atoms with E-state index in [1.165, 1.54) is 29.5 Å². The molecule has 0 spiro atoms. The molecular formula is C30H38BrNO2. The highest BCUT2D eigenvalue weighted by Crippen LogP contribution is 2.49. The monoisotopic (exact) mass is 523 g/mol. The highest BCUT2D eigenvalue weighted by Gasteiger charge is 2.37. The van der Waals surface area contributed by atoms with Crippen LogP contribution in [0.3, 0.4) is 0 Å². The van der Waals surface area contributed by atoms with Crippen LogP contribution in [0.25, 0.3) is 0 Å². The van der Waals surface area contributed by atoms with Crippen molar-refractivity contribution in [2.24, 2.45) is 0 Å². The first kappa shape index (κ1) is 26.3. The molecule has 0 fully saturated rings. The van der Waals surface area contributed by atoms with Gasteiger partial charge < -0.3 is 26.8 Å². The van der Waals surface area contributed by atoms with Crippen molar-refractivity contribution in [2.45, 2.75) is 83.8 Å². The number of halogens is 1. The molecule has 3 nitrogen and oxygen atoms in total. The Balaban J connectivity index is 0.00000324. The van der Waals surface area contributed by atoms with Gasteiger partial charge in [-0.3, -0.25) is 0 Å². The molecule has 34 heavy (non-hydrogen) atoms. The molecule has 2 unspecified atom stereocenters. The summed E-state index contributed by atoms with van der Waals surface area (Å²) in [6.07, 6.45) is 9.69. The van der Waals surface area contributed by atoms with Crippen LogP contribution < -0.4 is 26.3 Å². The lowest BCUT2D eigenvalue weighted by Gasteiger charge is -2.38. The quantitative estimate of drug-likeness (QED) is 0.454. The predicted octanol–water partition coefficient (Wildman–Crippen LogP) is 3.91. The topological polar surface area (TPSA) is 33.3 Å². The molecule has 2 atom stereocenters. The molecule has 0 amide bonds. The first-order chi connectivity index (χ1) is 15.9. The van der Waals surface area contributed by atoms with Crippen LogP contribution in [0.1, 0.15) is 87.5 Å². The van der Waals surface area contributed by atoms with E-state index in [1.807, 2.05) is 6.07 Å². The Morgan fingerprint density at radius 2 is 1.79 bits per heavy atom. The molecule has 3 aromatic rings. The minimum absolute atomic E-state index is 0. The maximum absolute atomic E-state index is 11.1. The highest BCUT2D eigenvalue weighted by molar-refractivity contribution is 5.54. The molecule has 2 heterocycles. The van der Waals surface area contributed by atoms with Crippen molar-refractivity contribution >= 4 is 0 Å². The largest absolute Gasteiger partial charge is 1.00 e. The Morgan fingerprint density at radius 3 is 2.47 bits per heavy atom. The summed E-state index contributed by atoms with van der Waals surface area (Å²) >= 11 is 0. The third-order valence-electron chi connectivity index (χ3n) is 6.95. The SMILES string of the molecule is CCCCC(C)c1cc(O)c2c(c1)OC(C)(C)CC2c1cc[n+](CCc2ccccc2)cc1.[Br-]. The molecule has 4 heteroatoms. The molecule has 0 saturated carbocycles. The number of aryl methyl sites for hydroxylation is 2. The number of hydrogen-bond donors (Lipinski definition) is 1. The number of nitrogens with zero attached hydrogens (tertiary/aromatic N) is 1. The maximum Gasteiger partial charge on any atom is 0.169 e. The second-order valence-electron chi connectivity index (χ2n) is 10.2. The van der Waals surface area contributed by atoms with E-state index in [0.29, 0.717) is 11.7 Å². The predicted molar refractivity (Wildman–Crippen MR) is 134 cm³/mol. The number of hydrogen-bond acceptors (Lipinski definition) is 2. The normalized spacial score (nSPS) is 17.2. The van der Waals surface area contributed by atoms with E-state index in [0.717, 1.165) is 37.1 Å². The van der Waals surface area contributed by atoms with Gasteiger partial charge in [-0.05, 0) is 61.4 Å². The number of benzene rings is 2. The molecule has 1 N–H and O–H groups in total. The van der Waals surface area contributed by atoms with Gasteiger partial charge in [-0.25, -0.2) is 4.57 Å². The molecule has 0 saturated heterocycles. The third-order valence-corrected chi connectivity index (χ3v) is 6.95. The van der Waals surface area contributed by atoms with Gasteiger partial charge in [-0.1, -0.05) is 57.0 Å². The van der Waals surface area contributed by atoms with E-state index in [4.69, 9.17) is 4.74 Å². The third kappa shape index (κ3) is 6.21. The molecular weight excluding hydrogens is 486 g/mol. The van der Waals surface area contributed by atoms with Gasteiger partial charge in [0.05, 0.1) is 0 Å². The summed E-state index contributed by atoms with van der Waals surface area (Å²) in [6.45, 7) is 9.71. The van der Waals surface area contributed by atoms with Crippen LogP contribution in [-0.4, -0.2) is 10.7 Å². The van der Waals surface area contributed by atoms with Crippen LogP contribution in [0.15, 0.2) is 67.0 Å². The van der Waals surface area contributed by atoms with Gasteiger partial charge in [0, 0.05) is 30.0 Å². The number of phenols is 1. The summed E-state index contributed by atoms with van der Waals surface area (Å²) in [7, 11) is 0. The minimum Gasteiger partial charge on any atom is -1.00 e. The zero-order valence-corrected chi connectivity index (χ0v) is 22.5. The second-order valence-corrected chi connectivity index (χ2v) is 10.2. The average Bonchev–Trinajstić information content (AvgIpc) is 2.80. The fraction of sp³-hybridized carbons (Fsp3) is 0.433. The Labute approximate surface area is 215 Å². The van der Waals surface area contributed by atoms with Gasteiger partial charge in [-0.2, -0.15) is 0 Å². The molecule has 1 aliphatic rings. The van der Waals surface area contributed by atoms with Crippen molar-refractivity contribution in [2.75, 3.05) is 0 Å². The summed E-state index contributed by atoms with van der Waals surface area (Å²) in [6, 6.07) is 19.2. The number of phenolic OH excluding ortho intramolecular Hbond substituents is 1. The van der Waals surface area contributed by atoms with Crippen molar-refractivity contribution in [1.29, 1.82) is 0 Å². The molecule has 0 aliphatic carbocycles. The average molecular weight is 525 g/mol. The van der Waals surface area contributed by atoms with Gasteiger partial charge in [0.1, 0.15) is 17.1 Å². The van der Waals surface area contributed by atoms with Crippen molar-refractivity contribution < 1.29 is 31.4 Å². The highest BCUT2D eigenvalue weighted by atomic mass is 79.9. The number of rotatable bonds is 8. The van der Waals surface area contributed by atoms with E-state index < -0.39 is 0 Å². The molecule has 2 aromatic carbocycles. The van der Waals surface area contributed by atoms with Crippen molar-refractivity contribution in [1.82, 2.24) is 0 Å². The van der Waals surface area contributed by atoms with Gasteiger partial charge in [0.2, 0.25) is 0 Å². The number of fused-ring (bicyclic) bond motifs is 1. The summed E-state index contributed by atoms with van der Waals surface area (Å²) in [4.78, 5) is 0. The summed E-state index contributed by atoms with van der Waals surface area (Å²) < 4.78 is 8.63. The fourth-order valence-corrected chi connectivity index (χ4v) is 5.00. The smallest absolute Gasteiger partial charge is 0.169 e. The standard InChI is InChI=1S/C30H37NO2.BrH/c1-5-6-10-22(2)25-19-27(32)29-26(21-30(3,4)33-28(29)20-25)24-14-17-31(18-15-24)16-13-23-11-8-7-9-12-23;/h7-9,11-12,14-15,17-20,22,26H,5-6,10,13,16,21H2,1-4H3;1H. The van der Waals surface area contributed by atoms with Crippen LogP contribution >= 0.6 is 0 Å². The van der Waals surface area contributed by atoms with Gasteiger partial charge >= 0.3 is 0 Å². The van der Waals surface area contributed by atoms with E-state index in [2.05, 4.69) is 93.2 Å². The molecule has 0 radical (unpaired) electrons. The Hall–Kier alpha value is -2.33. The van der Waals surface area contributed by atoms with Crippen LogP contribution in [-0.2, 0) is 13.0 Å². The number of ether oxygens (including phenoxy) is 1. The van der Waals surface area contributed by atoms with E-state index in [-0.39, 0.29) is 28.5 Å². The van der Waals surface area contributed by atoms with Crippen LogP contribution in [0, 0.1) is 0 Å². The van der Waals surface area contributed by atoms with E-state index >= 15 is 0 Å². The zero-order valence-electron chi connectivity index (χ0n) is 20.9. The minimum atomic E-state index is -0.283. The molecule has 1 aromatic heterocycles. The van der Waals surface area contributed by atoms with Crippen LogP contribution in [0.2, 0.25) is 0 Å². The Morgan fingerprint density at radius 1 is 1.09 bits per heavy atom. The summed E-state index contributed by atoms with van der Waals surface area (Å²) in [5.74, 6) is 1.74. The fourth-order valence-electron chi connectivity index (χ4n) is 5.00. The van der Waals surface area contributed by atoms with Gasteiger partial charge in [0.15, 0.2) is 18.9 Å². The lowest BCUT2D eigenvalue weighted by molar-refractivity contribution is -0.696. The Bertz CT molecular complexity index is 1060. The first-order valence-electron chi connectivity index (χ1n) is 12.4. The molecule has 4 rings (SSSR count). The van der Waals surface area contributed by atoms with Gasteiger partial charge in [-0.15, -0.1) is 0 Å². The first-order valence-corrected chi connectivity index (χ1v) is 12.4. The number of aromatic hydroxyl groups is 1. The Kier molecular flexibility index (Phi) is 8.81. The van der Waals surface area contributed by atoms with Crippen LogP contribution in [0.5, 0.6) is 11.5 Å². The van der Waals surface area contributed by atoms with Crippen molar-refractivity contribution in [3.05, 3.63) is 89.2 Å². The lowest BCUT2D eigenvalue weighted by atomic mass is 9.79. The van der Waals surface area contributed by atoms with Gasteiger partial charge in [0.25, 0.3) is 0 Å². The van der Waals surface area contributed by atoms with E-state index in [1.54, 1.807) is 0 Å². The molecule has 0 bridgehead atoms. The number of aromatic nitrogens is 1.